The first kappa shape index (κ1) is 11.1. The Hall–Kier alpha value is -1.06. The highest BCUT2D eigenvalue weighted by Gasteiger charge is 2.36. The highest BCUT2D eigenvalue weighted by atomic mass is 16.5. The second-order valence-corrected chi connectivity index (χ2v) is 4.83. The third-order valence-electron chi connectivity index (χ3n) is 3.71. The molecule has 0 aliphatic carbocycles. The van der Waals surface area contributed by atoms with Crippen LogP contribution in [-0.4, -0.2) is 36.9 Å². The standard InChI is InChI=1S/C14H19NO2/c1-2-6-12(7-3-1)16-10-14-13-8-4-5-9-15(13)11-17-14/h1-3,6-7,13-14H,4-5,8-11H2/t13-,14-/m1/s1. The summed E-state index contributed by atoms with van der Waals surface area (Å²) >= 11 is 0. The van der Waals surface area contributed by atoms with E-state index in [-0.39, 0.29) is 6.10 Å². The molecule has 0 aromatic heterocycles. The lowest BCUT2D eigenvalue weighted by molar-refractivity contribution is 0.0560. The van der Waals surface area contributed by atoms with Crippen molar-refractivity contribution < 1.29 is 9.47 Å². The molecule has 2 fully saturated rings. The number of piperidine rings is 1. The lowest BCUT2D eigenvalue weighted by atomic mass is 9.99. The summed E-state index contributed by atoms with van der Waals surface area (Å²) in [6.45, 7) is 2.64. The minimum Gasteiger partial charge on any atom is -0.491 e. The highest BCUT2D eigenvalue weighted by molar-refractivity contribution is 5.21. The fourth-order valence-electron chi connectivity index (χ4n) is 2.75. The topological polar surface area (TPSA) is 21.7 Å². The molecule has 92 valence electrons. The Labute approximate surface area is 102 Å². The van der Waals surface area contributed by atoms with Crippen molar-refractivity contribution in [2.75, 3.05) is 19.9 Å². The van der Waals surface area contributed by atoms with E-state index in [1.165, 1.54) is 25.8 Å². The Bertz CT molecular complexity index is 354. The fraction of sp³-hybridized carbons (Fsp3) is 0.571. The normalized spacial score (nSPS) is 28.9. The molecule has 1 aromatic carbocycles. The number of hydrogen-bond acceptors (Lipinski definition) is 3. The molecule has 0 radical (unpaired) electrons. The average molecular weight is 233 g/mol. The number of rotatable bonds is 3. The van der Waals surface area contributed by atoms with E-state index in [0.29, 0.717) is 12.6 Å². The molecule has 2 aliphatic rings. The number of ether oxygens (including phenoxy) is 2. The maximum absolute atomic E-state index is 5.82. The third-order valence-corrected chi connectivity index (χ3v) is 3.71. The van der Waals surface area contributed by atoms with E-state index in [1.54, 1.807) is 0 Å². The van der Waals surface area contributed by atoms with Crippen molar-refractivity contribution in [3.05, 3.63) is 30.3 Å². The molecule has 3 rings (SSSR count). The van der Waals surface area contributed by atoms with Gasteiger partial charge in [-0.15, -0.1) is 0 Å². The summed E-state index contributed by atoms with van der Waals surface area (Å²) in [5.74, 6) is 0.936. The SMILES string of the molecule is c1ccc(OC[C@H]2OCN3CCCC[C@H]23)cc1. The van der Waals surface area contributed by atoms with Crippen LogP contribution in [0.25, 0.3) is 0 Å². The second-order valence-electron chi connectivity index (χ2n) is 4.83. The van der Waals surface area contributed by atoms with Gasteiger partial charge in [0, 0.05) is 12.6 Å². The van der Waals surface area contributed by atoms with Gasteiger partial charge in [-0.2, -0.15) is 0 Å². The van der Waals surface area contributed by atoms with Crippen LogP contribution in [0.5, 0.6) is 5.75 Å². The van der Waals surface area contributed by atoms with Crippen molar-refractivity contribution in [1.29, 1.82) is 0 Å². The predicted molar refractivity (Wildman–Crippen MR) is 66.0 cm³/mol. The molecule has 0 unspecified atom stereocenters. The van der Waals surface area contributed by atoms with E-state index in [9.17, 15) is 0 Å². The second kappa shape index (κ2) is 5.07. The lowest BCUT2D eigenvalue weighted by Crippen LogP contribution is -2.41. The molecule has 3 nitrogen and oxygen atoms in total. The molecule has 0 amide bonds. The molecule has 2 heterocycles. The number of benzene rings is 1. The highest BCUT2D eigenvalue weighted by Crippen LogP contribution is 2.27. The molecule has 2 saturated heterocycles. The van der Waals surface area contributed by atoms with E-state index in [0.717, 1.165) is 12.5 Å². The van der Waals surface area contributed by atoms with Crippen LogP contribution in [-0.2, 0) is 4.74 Å². The van der Waals surface area contributed by atoms with Crippen LogP contribution >= 0.6 is 0 Å². The van der Waals surface area contributed by atoms with E-state index in [4.69, 9.17) is 9.47 Å². The number of fused-ring (bicyclic) bond motifs is 1. The van der Waals surface area contributed by atoms with Crippen molar-refractivity contribution in [1.82, 2.24) is 4.90 Å². The van der Waals surface area contributed by atoms with Gasteiger partial charge in [0.2, 0.25) is 0 Å². The summed E-state index contributed by atoms with van der Waals surface area (Å²) < 4.78 is 11.6. The van der Waals surface area contributed by atoms with Gasteiger partial charge in [-0.05, 0) is 25.0 Å². The van der Waals surface area contributed by atoms with Gasteiger partial charge in [-0.3, -0.25) is 4.90 Å². The largest absolute Gasteiger partial charge is 0.491 e. The zero-order chi connectivity index (χ0) is 11.5. The predicted octanol–water partition coefficient (Wildman–Crippen LogP) is 2.28. The molecule has 1 aromatic rings. The van der Waals surface area contributed by atoms with Crippen LogP contribution in [0, 0.1) is 0 Å². The molecule has 0 spiro atoms. The summed E-state index contributed by atoms with van der Waals surface area (Å²) in [5.41, 5.74) is 0. The van der Waals surface area contributed by atoms with Crippen LogP contribution < -0.4 is 4.74 Å². The lowest BCUT2D eigenvalue weighted by Gasteiger charge is -2.29. The van der Waals surface area contributed by atoms with Crippen LogP contribution in [0.1, 0.15) is 19.3 Å². The molecule has 17 heavy (non-hydrogen) atoms. The zero-order valence-electron chi connectivity index (χ0n) is 10.0. The molecule has 2 atom stereocenters. The zero-order valence-corrected chi connectivity index (χ0v) is 10.0. The fourth-order valence-corrected chi connectivity index (χ4v) is 2.75. The number of nitrogens with zero attached hydrogens (tertiary/aromatic N) is 1. The molecule has 0 N–H and O–H groups in total. The molecule has 3 heteroatoms. The van der Waals surface area contributed by atoms with Crippen molar-refractivity contribution in [2.45, 2.75) is 31.4 Å². The molecule has 2 aliphatic heterocycles. The summed E-state index contributed by atoms with van der Waals surface area (Å²) in [6.07, 6.45) is 4.14. The van der Waals surface area contributed by atoms with Gasteiger partial charge in [0.15, 0.2) is 0 Å². The first-order valence-corrected chi connectivity index (χ1v) is 6.47. The van der Waals surface area contributed by atoms with Crippen LogP contribution in [0.3, 0.4) is 0 Å². The van der Waals surface area contributed by atoms with Gasteiger partial charge >= 0.3 is 0 Å². The first-order valence-electron chi connectivity index (χ1n) is 6.47. The van der Waals surface area contributed by atoms with Gasteiger partial charge in [-0.25, -0.2) is 0 Å². The average Bonchev–Trinajstić information content (AvgIpc) is 2.81. The summed E-state index contributed by atoms with van der Waals surface area (Å²) in [4.78, 5) is 2.45. The Kier molecular flexibility index (Phi) is 3.29. The maximum atomic E-state index is 5.82. The molecule has 0 saturated carbocycles. The Morgan fingerprint density at radius 1 is 1.24 bits per heavy atom. The number of hydrogen-bond donors (Lipinski definition) is 0. The Morgan fingerprint density at radius 2 is 2.12 bits per heavy atom. The van der Waals surface area contributed by atoms with Crippen molar-refractivity contribution in [2.24, 2.45) is 0 Å². The summed E-state index contributed by atoms with van der Waals surface area (Å²) in [7, 11) is 0. The quantitative estimate of drug-likeness (QED) is 0.799. The monoisotopic (exact) mass is 233 g/mol. The number of para-hydroxylation sites is 1. The van der Waals surface area contributed by atoms with Gasteiger partial charge < -0.3 is 9.47 Å². The third kappa shape index (κ3) is 2.45. The van der Waals surface area contributed by atoms with Crippen molar-refractivity contribution in [3.8, 4) is 5.75 Å². The minimum absolute atomic E-state index is 0.246. The van der Waals surface area contributed by atoms with E-state index in [1.807, 2.05) is 30.3 Å². The van der Waals surface area contributed by atoms with Gasteiger partial charge in [0.1, 0.15) is 18.5 Å². The van der Waals surface area contributed by atoms with E-state index < -0.39 is 0 Å². The van der Waals surface area contributed by atoms with Crippen molar-refractivity contribution >= 4 is 0 Å². The summed E-state index contributed by atoms with van der Waals surface area (Å²) in [6, 6.07) is 10.6. The Morgan fingerprint density at radius 3 is 3.00 bits per heavy atom. The maximum Gasteiger partial charge on any atom is 0.119 e. The van der Waals surface area contributed by atoms with Crippen molar-refractivity contribution in [3.63, 3.8) is 0 Å². The van der Waals surface area contributed by atoms with Crippen LogP contribution in [0.2, 0.25) is 0 Å². The van der Waals surface area contributed by atoms with Gasteiger partial charge in [0.25, 0.3) is 0 Å². The Balaban J connectivity index is 1.55. The van der Waals surface area contributed by atoms with E-state index >= 15 is 0 Å². The van der Waals surface area contributed by atoms with Gasteiger partial charge in [-0.1, -0.05) is 24.6 Å². The minimum atomic E-state index is 0.246. The van der Waals surface area contributed by atoms with E-state index in [2.05, 4.69) is 4.90 Å². The summed E-state index contributed by atoms with van der Waals surface area (Å²) in [5, 5.41) is 0. The van der Waals surface area contributed by atoms with Crippen LogP contribution in [0.15, 0.2) is 30.3 Å². The first-order chi connectivity index (χ1) is 8.43. The molecular formula is C14H19NO2. The van der Waals surface area contributed by atoms with Crippen LogP contribution in [0.4, 0.5) is 0 Å². The molecular weight excluding hydrogens is 214 g/mol. The van der Waals surface area contributed by atoms with Gasteiger partial charge in [0.05, 0.1) is 6.73 Å². The smallest absolute Gasteiger partial charge is 0.119 e. The molecule has 0 bridgehead atoms.